The number of hydrogen-bond acceptors (Lipinski definition) is 2. The molecule has 0 heterocycles. The minimum atomic E-state index is -0.621. The van der Waals surface area contributed by atoms with Crippen LogP contribution in [0.1, 0.15) is 38.5 Å². The number of anilines is 1. The van der Waals surface area contributed by atoms with Crippen LogP contribution in [0.4, 0.5) is 5.69 Å². The lowest BCUT2D eigenvalue weighted by Crippen LogP contribution is -2.50. The van der Waals surface area contributed by atoms with Gasteiger partial charge in [0.2, 0.25) is 5.91 Å². The molecule has 1 fully saturated rings. The molecule has 0 radical (unpaired) electrons. The van der Waals surface area contributed by atoms with E-state index in [1.54, 1.807) is 6.07 Å². The van der Waals surface area contributed by atoms with Crippen LogP contribution in [0.15, 0.2) is 22.7 Å². The number of hydrogen-bond donors (Lipinski definition) is 2. The zero-order chi connectivity index (χ0) is 13.9. The molecule has 2 rings (SSSR count). The summed E-state index contributed by atoms with van der Waals surface area (Å²) in [6.45, 7) is 0. The molecule has 0 aliphatic heterocycles. The van der Waals surface area contributed by atoms with E-state index >= 15 is 0 Å². The Balaban J connectivity index is 2.24. The summed E-state index contributed by atoms with van der Waals surface area (Å²) in [6.07, 6.45) is 5.99. The molecule has 0 aromatic heterocycles. The van der Waals surface area contributed by atoms with E-state index in [0.717, 1.165) is 35.8 Å². The molecule has 0 spiro atoms. The number of carbonyl (C=O) groups excluding carboxylic acids is 1. The Morgan fingerprint density at radius 3 is 2.42 bits per heavy atom. The third-order valence-electron chi connectivity index (χ3n) is 3.73. The van der Waals surface area contributed by atoms with Crippen LogP contribution in [-0.2, 0) is 4.79 Å². The minimum Gasteiger partial charge on any atom is -0.371 e. The largest absolute Gasteiger partial charge is 0.371 e. The van der Waals surface area contributed by atoms with Crippen molar-refractivity contribution in [1.82, 2.24) is 0 Å². The van der Waals surface area contributed by atoms with Crippen molar-refractivity contribution < 1.29 is 4.79 Å². The number of halogens is 2. The lowest BCUT2D eigenvalue weighted by molar-refractivity contribution is -0.122. The van der Waals surface area contributed by atoms with Crippen molar-refractivity contribution in [2.75, 3.05) is 5.32 Å². The van der Waals surface area contributed by atoms with Crippen LogP contribution in [0.3, 0.4) is 0 Å². The molecule has 1 amide bonds. The average molecular weight is 346 g/mol. The van der Waals surface area contributed by atoms with Gasteiger partial charge < -0.3 is 11.1 Å². The Labute approximate surface area is 127 Å². The van der Waals surface area contributed by atoms with Crippen molar-refractivity contribution in [1.29, 1.82) is 0 Å². The van der Waals surface area contributed by atoms with E-state index in [1.807, 2.05) is 12.1 Å². The summed E-state index contributed by atoms with van der Waals surface area (Å²) in [5, 5.41) is 3.99. The summed E-state index contributed by atoms with van der Waals surface area (Å²) < 4.78 is 0.812. The normalized spacial score (nSPS) is 18.6. The van der Waals surface area contributed by atoms with Gasteiger partial charge in [0.25, 0.3) is 0 Å². The Hall–Kier alpha value is -0.740. The van der Waals surface area contributed by atoms with Gasteiger partial charge in [0, 0.05) is 10.2 Å². The van der Waals surface area contributed by atoms with E-state index in [0.29, 0.717) is 5.02 Å². The van der Waals surface area contributed by atoms with E-state index in [4.69, 9.17) is 17.3 Å². The van der Waals surface area contributed by atoms with Crippen LogP contribution in [0.2, 0.25) is 5.02 Å². The standard InChI is InChI=1S/C14H18BrClN2O/c15-11-9-10(5-6-12(11)16)18-14(13(17)19)7-3-1-2-4-8-14/h5-6,9,18H,1-4,7-8H2,(H2,17,19). The average Bonchev–Trinajstić information content (AvgIpc) is 2.60. The number of nitrogens with one attached hydrogen (secondary N) is 1. The van der Waals surface area contributed by atoms with Gasteiger partial charge in [0.05, 0.1) is 5.02 Å². The Morgan fingerprint density at radius 1 is 1.26 bits per heavy atom. The number of primary amides is 1. The van der Waals surface area contributed by atoms with Crippen LogP contribution in [0.5, 0.6) is 0 Å². The van der Waals surface area contributed by atoms with Crippen LogP contribution >= 0.6 is 27.5 Å². The van der Waals surface area contributed by atoms with Gasteiger partial charge in [-0.2, -0.15) is 0 Å². The number of benzene rings is 1. The van der Waals surface area contributed by atoms with Crippen molar-refractivity contribution >= 4 is 39.1 Å². The summed E-state index contributed by atoms with van der Waals surface area (Å²) in [4.78, 5) is 11.9. The molecule has 1 aromatic carbocycles. The second-order valence-electron chi connectivity index (χ2n) is 5.11. The molecule has 104 valence electrons. The van der Waals surface area contributed by atoms with Gasteiger partial charge >= 0.3 is 0 Å². The fraction of sp³-hybridized carbons (Fsp3) is 0.500. The van der Waals surface area contributed by atoms with Gasteiger partial charge in [-0.25, -0.2) is 0 Å². The number of amides is 1. The third-order valence-corrected chi connectivity index (χ3v) is 4.95. The molecule has 19 heavy (non-hydrogen) atoms. The van der Waals surface area contributed by atoms with Crippen molar-refractivity contribution in [2.45, 2.75) is 44.1 Å². The molecule has 0 bridgehead atoms. The molecule has 3 N–H and O–H groups in total. The maximum atomic E-state index is 11.9. The second kappa shape index (κ2) is 6.14. The van der Waals surface area contributed by atoms with Gasteiger partial charge in [0.15, 0.2) is 0 Å². The molecule has 0 atom stereocenters. The fourth-order valence-corrected chi connectivity index (χ4v) is 3.11. The number of carbonyl (C=O) groups is 1. The lowest BCUT2D eigenvalue weighted by Gasteiger charge is -2.31. The summed E-state index contributed by atoms with van der Waals surface area (Å²) in [5.41, 5.74) is 5.90. The second-order valence-corrected chi connectivity index (χ2v) is 6.38. The molecular formula is C14H18BrClN2O. The molecular weight excluding hydrogens is 328 g/mol. The zero-order valence-corrected chi connectivity index (χ0v) is 13.1. The van der Waals surface area contributed by atoms with Crippen molar-refractivity contribution in [2.24, 2.45) is 5.73 Å². The van der Waals surface area contributed by atoms with E-state index in [1.165, 1.54) is 12.8 Å². The first-order valence-electron chi connectivity index (χ1n) is 6.57. The monoisotopic (exact) mass is 344 g/mol. The Bertz CT molecular complexity index is 471. The molecule has 5 heteroatoms. The first kappa shape index (κ1) is 14.7. The maximum Gasteiger partial charge on any atom is 0.243 e. The van der Waals surface area contributed by atoms with Gasteiger partial charge in [0.1, 0.15) is 5.54 Å². The highest BCUT2D eigenvalue weighted by Crippen LogP contribution is 2.33. The molecule has 0 saturated heterocycles. The topological polar surface area (TPSA) is 55.1 Å². The number of nitrogens with two attached hydrogens (primary N) is 1. The van der Waals surface area contributed by atoms with Crippen LogP contribution in [-0.4, -0.2) is 11.4 Å². The summed E-state index contributed by atoms with van der Waals surface area (Å²) >= 11 is 9.37. The maximum absolute atomic E-state index is 11.9. The van der Waals surface area contributed by atoms with Crippen LogP contribution in [0.25, 0.3) is 0 Å². The summed E-state index contributed by atoms with van der Waals surface area (Å²) in [6, 6.07) is 5.57. The third kappa shape index (κ3) is 3.42. The predicted molar refractivity (Wildman–Crippen MR) is 82.4 cm³/mol. The quantitative estimate of drug-likeness (QED) is 0.811. The predicted octanol–water partition coefficient (Wildman–Crippen LogP) is 4.09. The summed E-state index contributed by atoms with van der Waals surface area (Å²) in [5.74, 6) is -0.263. The summed E-state index contributed by atoms with van der Waals surface area (Å²) in [7, 11) is 0. The highest BCUT2D eigenvalue weighted by Gasteiger charge is 2.36. The Kier molecular flexibility index (Phi) is 4.74. The molecule has 1 saturated carbocycles. The van der Waals surface area contributed by atoms with Gasteiger partial charge in [-0.05, 0) is 47.0 Å². The van der Waals surface area contributed by atoms with Gasteiger partial charge in [-0.15, -0.1) is 0 Å². The fourth-order valence-electron chi connectivity index (χ4n) is 2.62. The van der Waals surface area contributed by atoms with E-state index in [-0.39, 0.29) is 5.91 Å². The highest BCUT2D eigenvalue weighted by molar-refractivity contribution is 9.10. The van der Waals surface area contributed by atoms with E-state index in [2.05, 4.69) is 21.2 Å². The number of rotatable bonds is 3. The molecule has 1 aliphatic carbocycles. The molecule has 1 aromatic rings. The smallest absolute Gasteiger partial charge is 0.243 e. The van der Waals surface area contributed by atoms with E-state index in [9.17, 15) is 4.79 Å². The molecule has 1 aliphatic rings. The highest BCUT2D eigenvalue weighted by atomic mass is 79.9. The first-order valence-corrected chi connectivity index (χ1v) is 7.74. The van der Waals surface area contributed by atoms with Crippen molar-refractivity contribution in [3.8, 4) is 0 Å². The first-order chi connectivity index (χ1) is 9.03. The molecule has 3 nitrogen and oxygen atoms in total. The van der Waals surface area contributed by atoms with Crippen LogP contribution in [0, 0.1) is 0 Å². The SMILES string of the molecule is NC(=O)C1(Nc2ccc(Cl)c(Br)c2)CCCCCC1. The lowest BCUT2D eigenvalue weighted by atomic mass is 9.89. The van der Waals surface area contributed by atoms with Crippen molar-refractivity contribution in [3.63, 3.8) is 0 Å². The zero-order valence-electron chi connectivity index (χ0n) is 10.7. The molecule has 0 unspecified atom stereocenters. The van der Waals surface area contributed by atoms with Crippen molar-refractivity contribution in [3.05, 3.63) is 27.7 Å². The van der Waals surface area contributed by atoms with Crippen LogP contribution < -0.4 is 11.1 Å². The minimum absolute atomic E-state index is 0.263. The van der Waals surface area contributed by atoms with E-state index < -0.39 is 5.54 Å². The Morgan fingerprint density at radius 2 is 1.89 bits per heavy atom. The van der Waals surface area contributed by atoms with Gasteiger partial charge in [-0.1, -0.05) is 37.3 Å². The van der Waals surface area contributed by atoms with Gasteiger partial charge in [-0.3, -0.25) is 4.79 Å².